The number of anilines is 1. The van der Waals surface area contributed by atoms with E-state index in [1.807, 2.05) is 16.7 Å². The van der Waals surface area contributed by atoms with Crippen LogP contribution in [0.2, 0.25) is 0 Å². The number of nitrogens with one attached hydrogen (secondary N) is 1. The molecular formula is C22H23N3O4S2. The fraction of sp³-hybridized carbons (Fsp3) is 0.364. The number of amides is 1. The second kappa shape index (κ2) is 9.23. The molecule has 1 aromatic heterocycles. The van der Waals surface area contributed by atoms with E-state index in [0.29, 0.717) is 21.5 Å². The topological polar surface area (TPSA) is 80.6 Å². The smallest absolute Gasteiger partial charge is 0.337 e. The number of aromatic nitrogens is 1. The van der Waals surface area contributed by atoms with Crippen LogP contribution in [0.5, 0.6) is 0 Å². The molecule has 1 N–H and O–H groups in total. The fourth-order valence-corrected chi connectivity index (χ4v) is 5.25. The van der Waals surface area contributed by atoms with Crippen molar-refractivity contribution in [3.63, 3.8) is 0 Å². The van der Waals surface area contributed by atoms with Gasteiger partial charge in [-0.1, -0.05) is 30.0 Å². The van der Waals surface area contributed by atoms with Gasteiger partial charge in [0.2, 0.25) is 5.91 Å². The zero-order valence-electron chi connectivity index (χ0n) is 17.1. The lowest BCUT2D eigenvalue weighted by atomic mass is 9.83. The lowest BCUT2D eigenvalue weighted by Crippen LogP contribution is -2.48. The molecule has 2 aliphatic heterocycles. The maximum atomic E-state index is 12.3. The van der Waals surface area contributed by atoms with Gasteiger partial charge in [-0.15, -0.1) is 0 Å². The highest BCUT2D eigenvalue weighted by Gasteiger charge is 2.35. The van der Waals surface area contributed by atoms with Crippen molar-refractivity contribution < 1.29 is 14.3 Å². The van der Waals surface area contributed by atoms with Crippen LogP contribution in [0, 0.1) is 5.92 Å². The van der Waals surface area contributed by atoms with Gasteiger partial charge in [0.1, 0.15) is 4.32 Å². The first-order valence-electron chi connectivity index (χ1n) is 10.0. The molecule has 0 unspecified atom stereocenters. The van der Waals surface area contributed by atoms with Gasteiger partial charge in [0.25, 0.3) is 5.56 Å². The van der Waals surface area contributed by atoms with Crippen molar-refractivity contribution in [2.45, 2.75) is 18.9 Å². The first-order chi connectivity index (χ1) is 14.9. The molecule has 0 saturated carbocycles. The lowest BCUT2D eigenvalue weighted by Gasteiger charge is -2.43. The Balaban J connectivity index is 1.31. The van der Waals surface area contributed by atoms with Crippen molar-refractivity contribution in [3.8, 4) is 0 Å². The monoisotopic (exact) mass is 457 g/mol. The third kappa shape index (κ3) is 4.83. The van der Waals surface area contributed by atoms with Crippen molar-refractivity contribution in [1.82, 2.24) is 9.47 Å². The Morgan fingerprint density at radius 1 is 1.16 bits per heavy atom. The molecule has 1 fully saturated rings. The number of benzene rings is 1. The number of pyridine rings is 1. The van der Waals surface area contributed by atoms with Crippen LogP contribution in [0.15, 0.2) is 47.3 Å². The molecule has 1 aromatic carbocycles. The zero-order chi connectivity index (χ0) is 22.0. The Kier molecular flexibility index (Phi) is 6.43. The number of thiocarbonyl (C=S) groups is 1. The largest absolute Gasteiger partial charge is 0.465 e. The average molecular weight is 458 g/mol. The molecule has 2 aromatic rings. The van der Waals surface area contributed by atoms with Crippen molar-refractivity contribution in [2.24, 2.45) is 5.92 Å². The van der Waals surface area contributed by atoms with Gasteiger partial charge >= 0.3 is 5.97 Å². The molecule has 0 spiro atoms. The van der Waals surface area contributed by atoms with E-state index in [-0.39, 0.29) is 23.1 Å². The Hall–Kier alpha value is -2.65. The maximum absolute atomic E-state index is 12.3. The maximum Gasteiger partial charge on any atom is 0.337 e. The minimum Gasteiger partial charge on any atom is -0.465 e. The van der Waals surface area contributed by atoms with Crippen LogP contribution in [0.1, 0.15) is 28.4 Å². The number of carbonyl (C=O) groups is 2. The van der Waals surface area contributed by atoms with Gasteiger partial charge in [0.05, 0.1) is 18.4 Å². The van der Waals surface area contributed by atoms with E-state index in [1.54, 1.807) is 30.3 Å². The number of fused-ring (bicyclic) bond motifs is 4. The summed E-state index contributed by atoms with van der Waals surface area (Å²) in [5, 5.41) is 2.82. The third-order valence-electron chi connectivity index (χ3n) is 5.65. The minimum absolute atomic E-state index is 0.0638. The lowest BCUT2D eigenvalue weighted by molar-refractivity contribution is -0.113. The van der Waals surface area contributed by atoms with E-state index < -0.39 is 5.97 Å². The van der Waals surface area contributed by atoms with Crippen LogP contribution in [-0.2, 0) is 16.1 Å². The molecular weight excluding hydrogens is 434 g/mol. The van der Waals surface area contributed by atoms with Crippen LogP contribution < -0.4 is 10.9 Å². The van der Waals surface area contributed by atoms with Gasteiger partial charge in [-0.2, -0.15) is 0 Å². The number of hydrogen-bond acceptors (Lipinski definition) is 6. The third-order valence-corrected chi connectivity index (χ3v) is 7.18. The van der Waals surface area contributed by atoms with Crippen LogP contribution in [0.4, 0.5) is 5.69 Å². The first-order valence-corrected chi connectivity index (χ1v) is 11.4. The standard InChI is InChI=1S/C22H23N3O4S2/c1-29-21(28)15-5-7-17(8-6-15)23-19(26)13-31-22(30)24-10-14-9-16(12-24)18-3-2-4-20(27)25(18)11-14/h2-8,14,16H,9-13H2,1H3,(H,23,26)/t14-,16-/m0/s1. The van der Waals surface area contributed by atoms with Crippen molar-refractivity contribution >= 4 is 45.9 Å². The summed E-state index contributed by atoms with van der Waals surface area (Å²) in [7, 11) is 1.33. The molecule has 0 aliphatic carbocycles. The average Bonchev–Trinajstić information content (AvgIpc) is 2.78. The van der Waals surface area contributed by atoms with E-state index in [9.17, 15) is 14.4 Å². The van der Waals surface area contributed by atoms with Crippen molar-refractivity contribution in [2.75, 3.05) is 31.3 Å². The van der Waals surface area contributed by atoms with E-state index >= 15 is 0 Å². The SMILES string of the molecule is COC(=O)c1ccc(NC(=O)CSC(=S)N2C[C@@H]3C[C@@H](C2)c2cccc(=O)n2C3)cc1. The minimum atomic E-state index is -0.419. The predicted molar refractivity (Wildman–Crippen MR) is 125 cm³/mol. The van der Waals surface area contributed by atoms with Gasteiger partial charge in [0.15, 0.2) is 0 Å². The van der Waals surface area contributed by atoms with Crippen LogP contribution in [0.3, 0.4) is 0 Å². The second-order valence-electron chi connectivity index (χ2n) is 7.77. The van der Waals surface area contributed by atoms with E-state index in [0.717, 1.165) is 31.7 Å². The van der Waals surface area contributed by atoms with Gasteiger partial charge in [-0.25, -0.2) is 4.79 Å². The zero-order valence-corrected chi connectivity index (χ0v) is 18.7. The molecule has 9 heteroatoms. The Morgan fingerprint density at radius 3 is 2.68 bits per heavy atom. The highest BCUT2D eigenvalue weighted by Crippen LogP contribution is 2.36. The second-order valence-corrected chi connectivity index (χ2v) is 9.38. The Morgan fingerprint density at radius 2 is 1.94 bits per heavy atom. The number of rotatable bonds is 4. The van der Waals surface area contributed by atoms with Crippen molar-refractivity contribution in [3.05, 3.63) is 64.1 Å². The number of ether oxygens (including phenoxy) is 1. The molecule has 2 bridgehead atoms. The summed E-state index contributed by atoms with van der Waals surface area (Å²) in [5.41, 5.74) is 2.18. The number of piperidine rings is 1. The van der Waals surface area contributed by atoms with Gasteiger partial charge in [0, 0.05) is 43.0 Å². The van der Waals surface area contributed by atoms with E-state index in [4.69, 9.17) is 12.2 Å². The molecule has 3 heterocycles. The molecule has 162 valence electrons. The summed E-state index contributed by atoms with van der Waals surface area (Å²) >= 11 is 6.96. The molecule has 2 aliphatic rings. The molecule has 2 atom stereocenters. The molecule has 1 saturated heterocycles. The molecule has 4 rings (SSSR count). The predicted octanol–water partition coefficient (Wildman–Crippen LogP) is 2.71. The Labute approximate surface area is 189 Å². The van der Waals surface area contributed by atoms with Gasteiger partial charge in [-0.3, -0.25) is 9.59 Å². The highest BCUT2D eigenvalue weighted by molar-refractivity contribution is 8.23. The number of likely N-dealkylation sites (tertiary alicyclic amines) is 1. The summed E-state index contributed by atoms with van der Waals surface area (Å²) < 4.78 is 7.27. The summed E-state index contributed by atoms with van der Waals surface area (Å²) in [4.78, 5) is 38.1. The number of nitrogens with zero attached hydrogens (tertiary/aromatic N) is 2. The molecule has 0 radical (unpaired) electrons. The van der Waals surface area contributed by atoms with Gasteiger partial charge < -0.3 is 19.5 Å². The summed E-state index contributed by atoms with van der Waals surface area (Å²) in [5.74, 6) is 0.290. The number of thioether (sulfide) groups is 1. The highest BCUT2D eigenvalue weighted by atomic mass is 32.2. The molecule has 31 heavy (non-hydrogen) atoms. The molecule has 7 nitrogen and oxygen atoms in total. The summed E-state index contributed by atoms with van der Waals surface area (Å²) in [6.07, 6.45) is 1.06. The normalized spacial score (nSPS) is 19.3. The molecule has 1 amide bonds. The quantitative estimate of drug-likeness (QED) is 0.559. The Bertz CT molecular complexity index is 1070. The van der Waals surface area contributed by atoms with Crippen LogP contribution in [-0.4, -0.2) is 51.6 Å². The van der Waals surface area contributed by atoms with Crippen LogP contribution >= 0.6 is 24.0 Å². The number of esters is 1. The van der Waals surface area contributed by atoms with Crippen LogP contribution in [0.25, 0.3) is 0 Å². The van der Waals surface area contributed by atoms with E-state index in [1.165, 1.54) is 18.9 Å². The number of carbonyl (C=O) groups excluding carboxylic acids is 2. The fourth-order valence-electron chi connectivity index (χ4n) is 4.27. The van der Waals surface area contributed by atoms with E-state index in [2.05, 4.69) is 15.0 Å². The van der Waals surface area contributed by atoms with Crippen molar-refractivity contribution in [1.29, 1.82) is 0 Å². The van der Waals surface area contributed by atoms with Gasteiger partial charge in [-0.05, 0) is 42.7 Å². The summed E-state index contributed by atoms with van der Waals surface area (Å²) in [6, 6.07) is 12.0. The number of hydrogen-bond donors (Lipinski definition) is 1. The summed E-state index contributed by atoms with van der Waals surface area (Å²) in [6.45, 7) is 2.29. The first kappa shape index (κ1) is 21.6. The number of methoxy groups -OCH3 is 1.